The predicted octanol–water partition coefficient (Wildman–Crippen LogP) is 5.41. The van der Waals surface area contributed by atoms with Gasteiger partial charge in [0.1, 0.15) is 5.00 Å². The number of nitrogens with one attached hydrogen (secondary N) is 1. The van der Waals surface area contributed by atoms with E-state index in [0.717, 1.165) is 42.6 Å². The summed E-state index contributed by atoms with van der Waals surface area (Å²) in [6, 6.07) is 14.7. The van der Waals surface area contributed by atoms with E-state index in [0.29, 0.717) is 0 Å². The fourth-order valence-electron chi connectivity index (χ4n) is 4.17. The van der Waals surface area contributed by atoms with Crippen LogP contribution in [0, 0.1) is 13.8 Å². The van der Waals surface area contributed by atoms with Crippen molar-refractivity contribution >= 4 is 33.6 Å². The molecule has 3 heterocycles. The Kier molecular flexibility index (Phi) is 6.68. The van der Waals surface area contributed by atoms with Crippen molar-refractivity contribution in [2.45, 2.75) is 26.8 Å². The van der Waals surface area contributed by atoms with Gasteiger partial charge in [-0.1, -0.05) is 43.3 Å². The third-order valence-electron chi connectivity index (χ3n) is 6.01. The molecule has 0 bridgehead atoms. The summed E-state index contributed by atoms with van der Waals surface area (Å²) in [7, 11) is 0. The third kappa shape index (κ3) is 4.37. The Balaban J connectivity index is 1.72. The minimum atomic E-state index is -0.0184. The highest BCUT2D eigenvalue weighted by molar-refractivity contribution is 7.17. The highest BCUT2D eigenvalue weighted by atomic mass is 32.1. The van der Waals surface area contributed by atoms with Crippen LogP contribution in [0.3, 0.4) is 0 Å². The molecule has 3 aromatic rings. The number of rotatable bonds is 6. The number of aryl methyl sites for hydroxylation is 1. The molecule has 4 rings (SSSR count). The summed E-state index contributed by atoms with van der Waals surface area (Å²) in [6.45, 7) is 11.9. The summed E-state index contributed by atoms with van der Waals surface area (Å²) in [5, 5.41) is 6.16. The summed E-state index contributed by atoms with van der Waals surface area (Å²) in [5.74, 6) is -0.0184. The molecule has 0 aliphatic carbocycles. The van der Waals surface area contributed by atoms with Gasteiger partial charge >= 0.3 is 0 Å². The number of hydrogen-bond donors (Lipinski definition) is 1. The van der Waals surface area contributed by atoms with Gasteiger partial charge in [0.05, 0.1) is 10.9 Å². The van der Waals surface area contributed by atoms with Crippen molar-refractivity contribution in [1.82, 2.24) is 9.80 Å². The average molecular weight is 440 g/mol. The van der Waals surface area contributed by atoms with Crippen LogP contribution in [0.4, 0.5) is 5.00 Å². The van der Waals surface area contributed by atoms with Gasteiger partial charge in [0.15, 0.2) is 0 Å². The molecule has 0 saturated carbocycles. The van der Waals surface area contributed by atoms with E-state index in [2.05, 4.69) is 66.2 Å². The quantitative estimate of drug-likeness (QED) is 0.558. The second-order valence-electron chi connectivity index (χ2n) is 7.74. The molecular formula is C24H29N3OS2. The number of carbonyl (C=O) groups excluding carboxylic acids is 1. The number of anilines is 1. The van der Waals surface area contributed by atoms with Crippen LogP contribution in [-0.2, 0) is 0 Å². The molecule has 6 heteroatoms. The number of thiophene rings is 2. The largest absolute Gasteiger partial charge is 0.313 e. The van der Waals surface area contributed by atoms with E-state index in [1.54, 1.807) is 11.3 Å². The van der Waals surface area contributed by atoms with Crippen molar-refractivity contribution in [2.24, 2.45) is 0 Å². The maximum Gasteiger partial charge on any atom is 0.266 e. The molecule has 158 valence electrons. The van der Waals surface area contributed by atoms with Crippen LogP contribution in [0.5, 0.6) is 0 Å². The summed E-state index contributed by atoms with van der Waals surface area (Å²) < 4.78 is 0. The molecule has 1 amide bonds. The van der Waals surface area contributed by atoms with Crippen LogP contribution in [0.25, 0.3) is 0 Å². The zero-order valence-corrected chi connectivity index (χ0v) is 19.5. The third-order valence-corrected chi connectivity index (χ3v) is 8.02. The van der Waals surface area contributed by atoms with Crippen molar-refractivity contribution < 1.29 is 4.79 Å². The van der Waals surface area contributed by atoms with Crippen LogP contribution in [0.2, 0.25) is 0 Å². The van der Waals surface area contributed by atoms with Crippen LogP contribution in [0.1, 0.15) is 44.2 Å². The molecule has 2 aromatic heterocycles. The number of amides is 1. The number of likely N-dealkylation sites (N-methyl/N-ethyl adjacent to an activating group) is 1. The normalized spacial score (nSPS) is 16.5. The molecule has 1 aliphatic heterocycles. The topological polar surface area (TPSA) is 35.6 Å². The smallest absolute Gasteiger partial charge is 0.266 e. The fraction of sp³-hybridized carbons (Fsp3) is 0.375. The van der Waals surface area contributed by atoms with E-state index in [1.807, 2.05) is 17.5 Å². The first-order valence-electron chi connectivity index (χ1n) is 10.5. The lowest BCUT2D eigenvalue weighted by atomic mass is 9.94. The number of hydrogen-bond acceptors (Lipinski definition) is 5. The molecule has 1 atom stereocenters. The van der Waals surface area contributed by atoms with Gasteiger partial charge in [-0.05, 0) is 43.0 Å². The zero-order chi connectivity index (χ0) is 21.1. The molecule has 1 N–H and O–H groups in total. The van der Waals surface area contributed by atoms with Crippen molar-refractivity contribution in [3.8, 4) is 0 Å². The van der Waals surface area contributed by atoms with Gasteiger partial charge < -0.3 is 10.2 Å². The number of piperazine rings is 1. The molecular weight excluding hydrogens is 410 g/mol. The van der Waals surface area contributed by atoms with Gasteiger partial charge in [0.25, 0.3) is 5.91 Å². The van der Waals surface area contributed by atoms with Crippen LogP contribution in [-0.4, -0.2) is 48.4 Å². The molecule has 0 radical (unpaired) electrons. The number of nitrogens with zero attached hydrogens (tertiary/aromatic N) is 2. The number of benzene rings is 1. The highest BCUT2D eigenvalue weighted by Crippen LogP contribution is 2.42. The Morgan fingerprint density at radius 2 is 1.80 bits per heavy atom. The molecule has 1 aliphatic rings. The van der Waals surface area contributed by atoms with Crippen molar-refractivity contribution in [1.29, 1.82) is 0 Å². The predicted molar refractivity (Wildman–Crippen MR) is 128 cm³/mol. The Morgan fingerprint density at radius 3 is 2.43 bits per heavy atom. The molecule has 30 heavy (non-hydrogen) atoms. The zero-order valence-electron chi connectivity index (χ0n) is 17.9. The first-order chi connectivity index (χ1) is 14.6. The van der Waals surface area contributed by atoms with Gasteiger partial charge in [-0.3, -0.25) is 9.69 Å². The van der Waals surface area contributed by atoms with Gasteiger partial charge in [-0.25, -0.2) is 0 Å². The summed E-state index contributed by atoms with van der Waals surface area (Å²) >= 11 is 3.17. The Hall–Kier alpha value is -1.99. The van der Waals surface area contributed by atoms with Gasteiger partial charge in [0.2, 0.25) is 0 Å². The highest BCUT2D eigenvalue weighted by Gasteiger charge is 2.31. The summed E-state index contributed by atoms with van der Waals surface area (Å²) in [5.41, 5.74) is 3.82. The molecule has 1 fully saturated rings. The monoisotopic (exact) mass is 439 g/mol. The lowest BCUT2D eigenvalue weighted by molar-refractivity contribution is 0.102. The molecule has 1 aromatic carbocycles. The van der Waals surface area contributed by atoms with E-state index in [-0.39, 0.29) is 11.9 Å². The van der Waals surface area contributed by atoms with E-state index >= 15 is 0 Å². The number of carbonyl (C=O) groups is 1. The first-order valence-corrected chi connectivity index (χ1v) is 12.2. The van der Waals surface area contributed by atoms with Crippen LogP contribution < -0.4 is 5.32 Å². The molecule has 4 nitrogen and oxygen atoms in total. The lowest BCUT2D eigenvalue weighted by Gasteiger charge is -2.39. The molecule has 0 spiro atoms. The van der Waals surface area contributed by atoms with Crippen molar-refractivity contribution in [3.63, 3.8) is 0 Å². The maximum atomic E-state index is 12.9. The molecule has 1 unspecified atom stereocenters. The van der Waals surface area contributed by atoms with Gasteiger partial charge in [-0.15, -0.1) is 22.7 Å². The van der Waals surface area contributed by atoms with Crippen molar-refractivity contribution in [3.05, 3.63) is 74.3 Å². The van der Waals surface area contributed by atoms with E-state index in [4.69, 9.17) is 0 Å². The minimum Gasteiger partial charge on any atom is -0.313 e. The molecule has 1 saturated heterocycles. The van der Waals surface area contributed by atoms with Gasteiger partial charge in [0, 0.05) is 36.6 Å². The second-order valence-corrected chi connectivity index (χ2v) is 9.91. The fourth-order valence-corrected chi connectivity index (χ4v) is 5.88. The second kappa shape index (κ2) is 9.43. The van der Waals surface area contributed by atoms with Crippen LogP contribution >= 0.6 is 22.7 Å². The van der Waals surface area contributed by atoms with Crippen LogP contribution in [0.15, 0.2) is 47.8 Å². The Bertz CT molecular complexity index is 974. The van der Waals surface area contributed by atoms with E-state index in [1.165, 1.54) is 32.9 Å². The summed E-state index contributed by atoms with van der Waals surface area (Å²) in [6.07, 6.45) is 0. The Labute approximate surface area is 187 Å². The lowest BCUT2D eigenvalue weighted by Crippen LogP contribution is -2.47. The van der Waals surface area contributed by atoms with E-state index in [9.17, 15) is 4.79 Å². The summed E-state index contributed by atoms with van der Waals surface area (Å²) in [4.78, 5) is 19.9. The van der Waals surface area contributed by atoms with E-state index < -0.39 is 0 Å². The minimum absolute atomic E-state index is 0.0184. The standard InChI is InChI=1S/C24H29N3OS2/c1-4-26-12-14-27(15-13-26)22(19-9-6-5-7-10-19)21-17(2)18(3)30-24(21)25-23(28)20-11-8-16-29-20/h5-11,16,22H,4,12-15H2,1-3H3,(H,25,28). The first kappa shape index (κ1) is 21.2. The average Bonchev–Trinajstić information content (AvgIpc) is 3.40. The maximum absolute atomic E-state index is 12.9. The van der Waals surface area contributed by atoms with Gasteiger partial charge in [-0.2, -0.15) is 0 Å². The van der Waals surface area contributed by atoms with Crippen molar-refractivity contribution in [2.75, 3.05) is 38.0 Å². The Morgan fingerprint density at radius 1 is 1.07 bits per heavy atom. The SMILES string of the molecule is CCN1CCN(C(c2ccccc2)c2c(NC(=O)c3cccs3)sc(C)c2C)CC1.